The maximum absolute atomic E-state index is 12.7. The van der Waals surface area contributed by atoms with Crippen LogP contribution in [0, 0.1) is 12.8 Å². The molecule has 1 amide bonds. The van der Waals surface area contributed by atoms with Crippen molar-refractivity contribution < 1.29 is 9.53 Å². The largest absolute Gasteiger partial charge is 0.497 e. The van der Waals surface area contributed by atoms with E-state index in [9.17, 15) is 4.79 Å². The van der Waals surface area contributed by atoms with E-state index in [0.717, 1.165) is 59.4 Å². The Kier molecular flexibility index (Phi) is 9.36. The van der Waals surface area contributed by atoms with Crippen LogP contribution in [0.15, 0.2) is 53.7 Å². The number of unbranched alkanes of at least 4 members (excludes halogenated alkanes) is 1. The van der Waals surface area contributed by atoms with Gasteiger partial charge in [0.25, 0.3) is 0 Å². The first-order valence-electron chi connectivity index (χ1n) is 11.6. The second-order valence-corrected chi connectivity index (χ2v) is 9.12. The van der Waals surface area contributed by atoms with Crippen LogP contribution in [0.25, 0.3) is 5.69 Å². The molecule has 1 atom stereocenters. The van der Waals surface area contributed by atoms with Crippen molar-refractivity contribution in [1.29, 1.82) is 0 Å². The number of carbonyl (C=O) groups is 1. The van der Waals surface area contributed by atoms with E-state index in [2.05, 4.69) is 66.6 Å². The second kappa shape index (κ2) is 12.4. The van der Waals surface area contributed by atoms with Crippen molar-refractivity contribution in [2.45, 2.75) is 63.9 Å². The summed E-state index contributed by atoms with van der Waals surface area (Å²) in [6.07, 6.45) is 3.93. The number of amides is 1. The highest BCUT2D eigenvalue weighted by Gasteiger charge is 2.19. The van der Waals surface area contributed by atoms with Gasteiger partial charge in [0.1, 0.15) is 5.75 Å². The monoisotopic (exact) mass is 466 g/mol. The molecule has 7 heteroatoms. The quantitative estimate of drug-likeness (QED) is 0.346. The van der Waals surface area contributed by atoms with E-state index in [1.807, 2.05) is 22.8 Å². The van der Waals surface area contributed by atoms with Gasteiger partial charge >= 0.3 is 0 Å². The highest BCUT2D eigenvalue weighted by molar-refractivity contribution is 7.98. The van der Waals surface area contributed by atoms with E-state index in [-0.39, 0.29) is 11.8 Å². The number of benzene rings is 2. The fourth-order valence-electron chi connectivity index (χ4n) is 3.65. The molecule has 1 heterocycles. The number of ether oxygens (including phenoxy) is 1. The first kappa shape index (κ1) is 24.8. The van der Waals surface area contributed by atoms with E-state index in [1.54, 1.807) is 18.9 Å². The zero-order chi connectivity index (χ0) is 23.6. The molecule has 1 unspecified atom stereocenters. The topological polar surface area (TPSA) is 69.0 Å². The summed E-state index contributed by atoms with van der Waals surface area (Å²) in [7, 11) is 1.67. The summed E-state index contributed by atoms with van der Waals surface area (Å²) in [6, 6.07) is 16.3. The normalized spacial score (nSPS) is 11.9. The lowest BCUT2D eigenvalue weighted by Crippen LogP contribution is -2.31. The van der Waals surface area contributed by atoms with Gasteiger partial charge in [-0.05, 0) is 49.6 Å². The van der Waals surface area contributed by atoms with Crippen LogP contribution in [0.3, 0.4) is 0 Å². The Bertz CT molecular complexity index is 1030. The zero-order valence-corrected chi connectivity index (χ0v) is 20.8. The number of hydrogen-bond donors (Lipinski definition) is 1. The van der Waals surface area contributed by atoms with E-state index in [1.165, 1.54) is 5.56 Å². The molecule has 0 radical (unpaired) electrons. The molecule has 0 bridgehead atoms. The SMILES string of the molecule is CCCCC(CC)C(=O)NCc1nnc(SCc2cccc(OC)c2)n1-c1ccc(C)cc1. The number of nitrogens with one attached hydrogen (secondary N) is 1. The van der Waals surface area contributed by atoms with E-state index >= 15 is 0 Å². The van der Waals surface area contributed by atoms with Crippen molar-refractivity contribution in [3.05, 3.63) is 65.5 Å². The average molecular weight is 467 g/mol. The Morgan fingerprint density at radius 2 is 1.94 bits per heavy atom. The van der Waals surface area contributed by atoms with Gasteiger partial charge in [-0.1, -0.05) is 68.3 Å². The molecule has 3 rings (SSSR count). The lowest BCUT2D eigenvalue weighted by molar-refractivity contribution is -0.125. The van der Waals surface area contributed by atoms with Crippen molar-refractivity contribution in [2.75, 3.05) is 7.11 Å². The summed E-state index contributed by atoms with van der Waals surface area (Å²) in [4.78, 5) is 12.7. The highest BCUT2D eigenvalue weighted by Crippen LogP contribution is 2.27. The summed E-state index contributed by atoms with van der Waals surface area (Å²) >= 11 is 1.62. The predicted octanol–water partition coefficient (Wildman–Crippen LogP) is 5.71. The van der Waals surface area contributed by atoms with Gasteiger partial charge in [0.2, 0.25) is 5.91 Å². The zero-order valence-electron chi connectivity index (χ0n) is 20.0. The first-order valence-corrected chi connectivity index (χ1v) is 12.6. The molecule has 0 aliphatic carbocycles. The van der Waals surface area contributed by atoms with Gasteiger partial charge < -0.3 is 10.1 Å². The lowest BCUT2D eigenvalue weighted by Gasteiger charge is -2.15. The van der Waals surface area contributed by atoms with Crippen LogP contribution in [-0.2, 0) is 17.1 Å². The van der Waals surface area contributed by atoms with Gasteiger partial charge in [-0.25, -0.2) is 0 Å². The first-order chi connectivity index (χ1) is 16.0. The van der Waals surface area contributed by atoms with Crippen molar-refractivity contribution >= 4 is 17.7 Å². The van der Waals surface area contributed by atoms with Gasteiger partial charge in [-0.3, -0.25) is 9.36 Å². The van der Waals surface area contributed by atoms with Crippen LogP contribution in [0.5, 0.6) is 5.75 Å². The molecule has 2 aromatic carbocycles. The molecule has 1 N–H and O–H groups in total. The maximum Gasteiger partial charge on any atom is 0.223 e. The molecule has 0 saturated heterocycles. The number of rotatable bonds is 12. The summed E-state index contributed by atoms with van der Waals surface area (Å²) < 4.78 is 7.38. The fraction of sp³-hybridized carbons (Fsp3) is 0.423. The second-order valence-electron chi connectivity index (χ2n) is 8.18. The van der Waals surface area contributed by atoms with Gasteiger partial charge in [-0.15, -0.1) is 10.2 Å². The number of aryl methyl sites for hydroxylation is 1. The van der Waals surface area contributed by atoms with E-state index in [4.69, 9.17) is 4.74 Å². The third kappa shape index (κ3) is 6.84. The number of hydrogen-bond acceptors (Lipinski definition) is 5. The molecule has 3 aromatic rings. The maximum atomic E-state index is 12.7. The van der Waals surface area contributed by atoms with Crippen LogP contribution in [-0.4, -0.2) is 27.8 Å². The third-order valence-electron chi connectivity index (χ3n) is 5.69. The predicted molar refractivity (Wildman–Crippen MR) is 134 cm³/mol. The van der Waals surface area contributed by atoms with Crippen LogP contribution >= 0.6 is 11.8 Å². The molecule has 176 valence electrons. The molecule has 0 fully saturated rings. The lowest BCUT2D eigenvalue weighted by atomic mass is 9.98. The van der Waals surface area contributed by atoms with Gasteiger partial charge in [0, 0.05) is 17.4 Å². The standard InChI is InChI=1S/C26H34N4O2S/c1-5-7-10-21(6-2)25(31)27-17-24-28-29-26(30(24)22-14-12-19(3)13-15-22)33-18-20-9-8-11-23(16-20)32-4/h8-9,11-16,21H,5-7,10,17-18H2,1-4H3,(H,27,31). The minimum Gasteiger partial charge on any atom is -0.497 e. The fourth-order valence-corrected chi connectivity index (χ4v) is 4.57. The Balaban J connectivity index is 1.79. The summed E-state index contributed by atoms with van der Waals surface area (Å²) in [6.45, 7) is 6.64. The van der Waals surface area contributed by atoms with Gasteiger partial charge in [0.15, 0.2) is 11.0 Å². The molecule has 0 aliphatic heterocycles. The molecule has 6 nitrogen and oxygen atoms in total. The van der Waals surface area contributed by atoms with E-state index in [0.29, 0.717) is 6.54 Å². The van der Waals surface area contributed by atoms with Crippen LogP contribution in [0.2, 0.25) is 0 Å². The van der Waals surface area contributed by atoms with Crippen molar-refractivity contribution in [2.24, 2.45) is 5.92 Å². The number of thioether (sulfide) groups is 1. The summed E-state index contributed by atoms with van der Waals surface area (Å²) in [5.41, 5.74) is 3.32. The Hall–Kier alpha value is -2.80. The molecule has 0 saturated carbocycles. The van der Waals surface area contributed by atoms with Crippen molar-refractivity contribution in [3.63, 3.8) is 0 Å². The molecule has 0 aliphatic rings. The van der Waals surface area contributed by atoms with Gasteiger partial charge in [-0.2, -0.15) is 0 Å². The van der Waals surface area contributed by atoms with Crippen LogP contribution in [0.4, 0.5) is 0 Å². The molecular formula is C26H34N4O2S. The van der Waals surface area contributed by atoms with E-state index < -0.39 is 0 Å². The Morgan fingerprint density at radius 3 is 2.64 bits per heavy atom. The average Bonchev–Trinajstić information content (AvgIpc) is 3.25. The smallest absolute Gasteiger partial charge is 0.223 e. The Morgan fingerprint density at radius 1 is 1.15 bits per heavy atom. The van der Waals surface area contributed by atoms with Crippen LogP contribution < -0.4 is 10.1 Å². The summed E-state index contributed by atoms with van der Waals surface area (Å²) in [5, 5.41) is 12.8. The number of carbonyl (C=O) groups excluding carboxylic acids is 1. The number of aromatic nitrogens is 3. The van der Waals surface area contributed by atoms with Crippen molar-refractivity contribution in [1.82, 2.24) is 20.1 Å². The molecule has 0 spiro atoms. The Labute approximate surface area is 201 Å². The highest BCUT2D eigenvalue weighted by atomic mass is 32.2. The molecular weight excluding hydrogens is 432 g/mol. The third-order valence-corrected chi connectivity index (χ3v) is 6.69. The van der Waals surface area contributed by atoms with Crippen LogP contribution in [0.1, 0.15) is 56.5 Å². The molecule has 1 aromatic heterocycles. The van der Waals surface area contributed by atoms with Crippen molar-refractivity contribution in [3.8, 4) is 11.4 Å². The van der Waals surface area contributed by atoms with Gasteiger partial charge in [0.05, 0.1) is 13.7 Å². The minimum atomic E-state index is 0.0441. The number of nitrogens with zero attached hydrogens (tertiary/aromatic N) is 3. The summed E-state index contributed by atoms with van der Waals surface area (Å²) in [5.74, 6) is 2.44. The minimum absolute atomic E-state index is 0.0441. The molecule has 33 heavy (non-hydrogen) atoms. The number of methoxy groups -OCH3 is 1.